The normalized spacial score (nSPS) is 27.6. The fourth-order valence-corrected chi connectivity index (χ4v) is 2.46. The van der Waals surface area contributed by atoms with Crippen LogP contribution in [0.3, 0.4) is 0 Å². The standard InChI is InChI=1S/C14H21NO/c1-11(12-7-3-2-4-8-12)15-13-9-5-6-10-14(13)16/h2-4,7-8,11,13-16H,5-6,9-10H2,1H3/t11?,13-,14-/m0/s1. The van der Waals surface area contributed by atoms with Crippen LogP contribution < -0.4 is 5.32 Å². The summed E-state index contributed by atoms with van der Waals surface area (Å²) in [7, 11) is 0. The van der Waals surface area contributed by atoms with Crippen LogP contribution in [0.4, 0.5) is 0 Å². The molecule has 1 aromatic rings. The highest BCUT2D eigenvalue weighted by Gasteiger charge is 2.24. The molecule has 2 nitrogen and oxygen atoms in total. The third-order valence-corrected chi connectivity index (χ3v) is 3.49. The van der Waals surface area contributed by atoms with E-state index in [2.05, 4.69) is 36.5 Å². The van der Waals surface area contributed by atoms with Crippen LogP contribution in [0.5, 0.6) is 0 Å². The van der Waals surface area contributed by atoms with Gasteiger partial charge in [0, 0.05) is 12.1 Å². The highest BCUT2D eigenvalue weighted by Crippen LogP contribution is 2.21. The second-order valence-corrected chi connectivity index (χ2v) is 4.76. The Labute approximate surface area is 97.7 Å². The van der Waals surface area contributed by atoms with Gasteiger partial charge in [0.1, 0.15) is 0 Å². The quantitative estimate of drug-likeness (QED) is 0.819. The van der Waals surface area contributed by atoms with Gasteiger partial charge in [-0.1, -0.05) is 43.2 Å². The minimum atomic E-state index is -0.167. The molecule has 0 heterocycles. The van der Waals surface area contributed by atoms with Crippen LogP contribution in [0, 0.1) is 0 Å². The fourth-order valence-electron chi connectivity index (χ4n) is 2.46. The molecule has 0 saturated heterocycles. The van der Waals surface area contributed by atoms with Gasteiger partial charge in [0.2, 0.25) is 0 Å². The molecule has 0 radical (unpaired) electrons. The molecule has 0 bridgehead atoms. The Morgan fingerprint density at radius 1 is 1.19 bits per heavy atom. The van der Waals surface area contributed by atoms with E-state index in [1.165, 1.54) is 18.4 Å². The van der Waals surface area contributed by atoms with Crippen molar-refractivity contribution in [3.8, 4) is 0 Å². The number of aliphatic hydroxyl groups excluding tert-OH is 1. The Morgan fingerprint density at radius 3 is 2.56 bits per heavy atom. The fraction of sp³-hybridized carbons (Fsp3) is 0.571. The highest BCUT2D eigenvalue weighted by molar-refractivity contribution is 5.18. The van der Waals surface area contributed by atoms with Gasteiger partial charge < -0.3 is 10.4 Å². The molecule has 1 fully saturated rings. The van der Waals surface area contributed by atoms with Crippen molar-refractivity contribution in [3.05, 3.63) is 35.9 Å². The van der Waals surface area contributed by atoms with Crippen LogP contribution in [0.1, 0.15) is 44.2 Å². The maximum atomic E-state index is 9.90. The molecule has 0 spiro atoms. The van der Waals surface area contributed by atoms with Crippen molar-refractivity contribution in [2.24, 2.45) is 0 Å². The van der Waals surface area contributed by atoms with Gasteiger partial charge in [-0.15, -0.1) is 0 Å². The number of nitrogens with one attached hydrogen (secondary N) is 1. The summed E-state index contributed by atoms with van der Waals surface area (Å²) in [6, 6.07) is 11.0. The van der Waals surface area contributed by atoms with Crippen molar-refractivity contribution in [3.63, 3.8) is 0 Å². The van der Waals surface area contributed by atoms with E-state index in [9.17, 15) is 5.11 Å². The van der Waals surface area contributed by atoms with Crippen LogP contribution in [0.25, 0.3) is 0 Å². The van der Waals surface area contributed by atoms with E-state index in [1.807, 2.05) is 6.07 Å². The summed E-state index contributed by atoms with van der Waals surface area (Å²) in [5.74, 6) is 0. The van der Waals surface area contributed by atoms with Crippen LogP contribution in [0.2, 0.25) is 0 Å². The topological polar surface area (TPSA) is 32.3 Å². The largest absolute Gasteiger partial charge is 0.392 e. The summed E-state index contributed by atoms with van der Waals surface area (Å²) in [6.45, 7) is 2.16. The van der Waals surface area contributed by atoms with E-state index >= 15 is 0 Å². The molecule has 0 aromatic heterocycles. The van der Waals surface area contributed by atoms with Gasteiger partial charge in [-0.25, -0.2) is 0 Å². The third-order valence-electron chi connectivity index (χ3n) is 3.49. The number of hydrogen-bond acceptors (Lipinski definition) is 2. The predicted molar refractivity (Wildman–Crippen MR) is 66.3 cm³/mol. The molecular formula is C14H21NO. The van der Waals surface area contributed by atoms with Crippen molar-refractivity contribution in [1.82, 2.24) is 5.32 Å². The van der Waals surface area contributed by atoms with Gasteiger partial charge in [-0.05, 0) is 25.3 Å². The Bertz CT molecular complexity index is 312. The van der Waals surface area contributed by atoms with Crippen molar-refractivity contribution in [1.29, 1.82) is 0 Å². The molecular weight excluding hydrogens is 198 g/mol. The summed E-state index contributed by atoms with van der Waals surface area (Å²) >= 11 is 0. The Hall–Kier alpha value is -0.860. The number of hydrogen-bond donors (Lipinski definition) is 2. The van der Waals surface area contributed by atoms with Gasteiger partial charge in [-0.3, -0.25) is 0 Å². The Balaban J connectivity index is 1.94. The summed E-state index contributed by atoms with van der Waals surface area (Å²) in [5.41, 5.74) is 1.29. The van der Waals surface area contributed by atoms with Gasteiger partial charge in [-0.2, -0.15) is 0 Å². The zero-order chi connectivity index (χ0) is 11.4. The predicted octanol–water partition coefficient (Wildman–Crippen LogP) is 2.64. The van der Waals surface area contributed by atoms with E-state index in [1.54, 1.807) is 0 Å². The first-order valence-electron chi connectivity index (χ1n) is 6.26. The minimum absolute atomic E-state index is 0.167. The highest BCUT2D eigenvalue weighted by atomic mass is 16.3. The zero-order valence-electron chi connectivity index (χ0n) is 9.89. The summed E-state index contributed by atoms with van der Waals surface area (Å²) in [5, 5.41) is 13.4. The second-order valence-electron chi connectivity index (χ2n) is 4.76. The molecule has 1 aliphatic rings. The maximum absolute atomic E-state index is 9.90. The van der Waals surface area contributed by atoms with Crippen molar-refractivity contribution >= 4 is 0 Å². The van der Waals surface area contributed by atoms with E-state index in [4.69, 9.17) is 0 Å². The van der Waals surface area contributed by atoms with E-state index in [0.717, 1.165) is 12.8 Å². The number of aliphatic hydroxyl groups is 1. The van der Waals surface area contributed by atoms with Gasteiger partial charge in [0.15, 0.2) is 0 Å². The monoisotopic (exact) mass is 219 g/mol. The summed E-state index contributed by atoms with van der Waals surface area (Å²) < 4.78 is 0. The molecule has 1 saturated carbocycles. The maximum Gasteiger partial charge on any atom is 0.0693 e. The molecule has 2 heteroatoms. The molecule has 2 rings (SSSR count). The lowest BCUT2D eigenvalue weighted by Gasteiger charge is -2.31. The van der Waals surface area contributed by atoms with Crippen LogP contribution in [-0.4, -0.2) is 17.3 Å². The van der Waals surface area contributed by atoms with Gasteiger partial charge in [0.25, 0.3) is 0 Å². The lowest BCUT2D eigenvalue weighted by molar-refractivity contribution is 0.0860. The van der Waals surface area contributed by atoms with E-state index in [0.29, 0.717) is 6.04 Å². The molecule has 1 unspecified atom stereocenters. The molecule has 1 aliphatic carbocycles. The molecule has 1 aromatic carbocycles. The van der Waals surface area contributed by atoms with Crippen molar-refractivity contribution in [2.75, 3.05) is 0 Å². The molecule has 3 atom stereocenters. The first kappa shape index (κ1) is 11.6. The number of benzene rings is 1. The lowest BCUT2D eigenvalue weighted by Crippen LogP contribution is -2.43. The van der Waals surface area contributed by atoms with Crippen molar-refractivity contribution in [2.45, 2.75) is 50.8 Å². The Morgan fingerprint density at radius 2 is 1.88 bits per heavy atom. The van der Waals surface area contributed by atoms with E-state index in [-0.39, 0.29) is 12.1 Å². The van der Waals surface area contributed by atoms with Gasteiger partial charge >= 0.3 is 0 Å². The average Bonchev–Trinajstić information content (AvgIpc) is 2.33. The molecule has 0 aliphatic heterocycles. The lowest BCUT2D eigenvalue weighted by atomic mass is 9.91. The van der Waals surface area contributed by atoms with Crippen molar-refractivity contribution < 1.29 is 5.11 Å². The SMILES string of the molecule is CC(N[C@H]1CCCC[C@@H]1O)c1ccccc1. The Kier molecular flexibility index (Phi) is 3.97. The summed E-state index contributed by atoms with van der Waals surface area (Å²) in [6.07, 6.45) is 4.27. The first-order valence-corrected chi connectivity index (χ1v) is 6.26. The summed E-state index contributed by atoms with van der Waals surface area (Å²) in [4.78, 5) is 0. The molecule has 2 N–H and O–H groups in total. The number of rotatable bonds is 3. The third kappa shape index (κ3) is 2.83. The van der Waals surface area contributed by atoms with Crippen LogP contribution in [-0.2, 0) is 0 Å². The van der Waals surface area contributed by atoms with Crippen LogP contribution >= 0.6 is 0 Å². The van der Waals surface area contributed by atoms with Crippen LogP contribution in [0.15, 0.2) is 30.3 Å². The zero-order valence-corrected chi connectivity index (χ0v) is 9.89. The smallest absolute Gasteiger partial charge is 0.0693 e. The average molecular weight is 219 g/mol. The molecule has 88 valence electrons. The van der Waals surface area contributed by atoms with E-state index < -0.39 is 0 Å². The minimum Gasteiger partial charge on any atom is -0.392 e. The van der Waals surface area contributed by atoms with Gasteiger partial charge in [0.05, 0.1) is 6.10 Å². The second kappa shape index (κ2) is 5.46. The molecule has 0 amide bonds. The molecule has 16 heavy (non-hydrogen) atoms. The first-order chi connectivity index (χ1) is 7.77.